The molecular formula is C7H14O6. The third-order valence-electron chi connectivity index (χ3n) is 2.45. The van der Waals surface area contributed by atoms with E-state index < -0.39 is 36.8 Å². The number of rotatable bonds is 2. The molecule has 0 aromatic heterocycles. The average molecular weight is 194 g/mol. The number of hydrogen-bond donors (Lipinski definition) is 5. The summed E-state index contributed by atoms with van der Waals surface area (Å²) in [6, 6.07) is 0. The van der Waals surface area contributed by atoms with E-state index >= 15 is 0 Å². The smallest absolute Gasteiger partial charge is 0.226 e. The SMILES string of the molecule is C[C@@H]1OC(CO)(CO)C(O)(O)C1O. The van der Waals surface area contributed by atoms with Crippen molar-refractivity contribution in [2.45, 2.75) is 30.5 Å². The van der Waals surface area contributed by atoms with Crippen molar-refractivity contribution in [1.29, 1.82) is 0 Å². The molecule has 1 aliphatic heterocycles. The van der Waals surface area contributed by atoms with E-state index in [2.05, 4.69) is 0 Å². The van der Waals surface area contributed by atoms with Crippen molar-refractivity contribution in [3.8, 4) is 0 Å². The van der Waals surface area contributed by atoms with E-state index in [1.54, 1.807) is 0 Å². The lowest BCUT2D eigenvalue weighted by atomic mass is 9.92. The standard InChI is InChI=1S/C7H14O6/c1-4-5(10)7(11,12)6(2-8,3-9)13-4/h4-5,8-12H,2-3H2,1H3/t4-,5?/m0/s1. The lowest BCUT2D eigenvalue weighted by Crippen LogP contribution is -2.60. The molecule has 6 nitrogen and oxygen atoms in total. The molecule has 0 spiro atoms. The Bertz CT molecular complexity index is 187. The molecule has 0 saturated carbocycles. The van der Waals surface area contributed by atoms with Crippen molar-refractivity contribution in [1.82, 2.24) is 0 Å². The quantitative estimate of drug-likeness (QED) is 0.303. The molecule has 0 radical (unpaired) electrons. The Morgan fingerprint density at radius 1 is 1.23 bits per heavy atom. The Balaban J connectivity index is 3.00. The van der Waals surface area contributed by atoms with Gasteiger partial charge in [-0.05, 0) is 6.92 Å². The van der Waals surface area contributed by atoms with Gasteiger partial charge in [-0.2, -0.15) is 0 Å². The van der Waals surface area contributed by atoms with Crippen LogP contribution < -0.4 is 0 Å². The van der Waals surface area contributed by atoms with Gasteiger partial charge in [0.25, 0.3) is 0 Å². The first-order valence-electron chi connectivity index (χ1n) is 3.93. The highest BCUT2D eigenvalue weighted by Gasteiger charge is 2.63. The van der Waals surface area contributed by atoms with Gasteiger partial charge in [-0.1, -0.05) is 0 Å². The fourth-order valence-electron chi connectivity index (χ4n) is 1.46. The summed E-state index contributed by atoms with van der Waals surface area (Å²) in [7, 11) is 0. The van der Waals surface area contributed by atoms with E-state index in [0.29, 0.717) is 0 Å². The molecule has 6 heteroatoms. The van der Waals surface area contributed by atoms with E-state index in [-0.39, 0.29) is 0 Å². The number of ether oxygens (including phenoxy) is 1. The molecule has 0 aromatic rings. The van der Waals surface area contributed by atoms with Crippen LogP contribution in [0.4, 0.5) is 0 Å². The Labute approximate surface area is 75.0 Å². The third kappa shape index (κ3) is 1.26. The largest absolute Gasteiger partial charge is 0.393 e. The zero-order valence-electron chi connectivity index (χ0n) is 7.21. The highest BCUT2D eigenvalue weighted by molar-refractivity contribution is 5.05. The predicted molar refractivity (Wildman–Crippen MR) is 40.6 cm³/mol. The second-order valence-electron chi connectivity index (χ2n) is 3.30. The molecule has 2 atom stereocenters. The third-order valence-corrected chi connectivity index (χ3v) is 2.45. The van der Waals surface area contributed by atoms with Gasteiger partial charge in [-0.15, -0.1) is 0 Å². The lowest BCUT2D eigenvalue weighted by molar-refractivity contribution is -0.285. The predicted octanol–water partition coefficient (Wildman–Crippen LogP) is -2.83. The molecule has 13 heavy (non-hydrogen) atoms. The van der Waals surface area contributed by atoms with Crippen LogP contribution >= 0.6 is 0 Å². The van der Waals surface area contributed by atoms with Crippen LogP contribution in [0.25, 0.3) is 0 Å². The first-order chi connectivity index (χ1) is 5.91. The van der Waals surface area contributed by atoms with Crippen LogP contribution in [0, 0.1) is 0 Å². The molecule has 1 aliphatic rings. The Kier molecular flexibility index (Phi) is 2.63. The highest BCUT2D eigenvalue weighted by atomic mass is 16.6. The van der Waals surface area contributed by atoms with Crippen LogP contribution in [-0.2, 0) is 4.74 Å². The summed E-state index contributed by atoms with van der Waals surface area (Å²) in [5.41, 5.74) is -1.91. The Morgan fingerprint density at radius 2 is 1.69 bits per heavy atom. The molecule has 1 saturated heterocycles. The molecule has 1 unspecified atom stereocenters. The maximum absolute atomic E-state index is 9.40. The van der Waals surface area contributed by atoms with E-state index in [1.165, 1.54) is 6.92 Å². The van der Waals surface area contributed by atoms with E-state index in [0.717, 1.165) is 0 Å². The fourth-order valence-corrected chi connectivity index (χ4v) is 1.46. The second kappa shape index (κ2) is 3.16. The van der Waals surface area contributed by atoms with Crippen LogP contribution in [0.2, 0.25) is 0 Å². The van der Waals surface area contributed by atoms with Gasteiger partial charge in [-0.3, -0.25) is 0 Å². The van der Waals surface area contributed by atoms with Crippen molar-refractivity contribution in [3.63, 3.8) is 0 Å². The maximum Gasteiger partial charge on any atom is 0.226 e. The minimum atomic E-state index is -2.63. The summed E-state index contributed by atoms with van der Waals surface area (Å²) in [6.45, 7) is -0.144. The van der Waals surface area contributed by atoms with E-state index in [9.17, 15) is 15.3 Å². The van der Waals surface area contributed by atoms with Gasteiger partial charge in [0.1, 0.15) is 6.10 Å². The Morgan fingerprint density at radius 3 is 1.85 bits per heavy atom. The molecule has 1 heterocycles. The number of aliphatic hydroxyl groups is 5. The van der Waals surface area contributed by atoms with Crippen LogP contribution in [0.5, 0.6) is 0 Å². The summed E-state index contributed by atoms with van der Waals surface area (Å²) in [4.78, 5) is 0. The van der Waals surface area contributed by atoms with Gasteiger partial charge >= 0.3 is 0 Å². The van der Waals surface area contributed by atoms with Crippen LogP contribution in [-0.4, -0.2) is 62.3 Å². The summed E-state index contributed by atoms with van der Waals surface area (Å²) in [6.07, 6.45) is -2.40. The van der Waals surface area contributed by atoms with E-state index in [4.69, 9.17) is 14.9 Å². The molecular weight excluding hydrogens is 180 g/mol. The molecule has 5 N–H and O–H groups in total. The molecule has 0 aliphatic carbocycles. The summed E-state index contributed by atoms with van der Waals surface area (Å²) in [5.74, 6) is -2.63. The van der Waals surface area contributed by atoms with Crippen molar-refractivity contribution < 1.29 is 30.3 Å². The monoisotopic (exact) mass is 194 g/mol. The Hall–Kier alpha value is -0.240. The molecule has 1 fully saturated rings. The van der Waals surface area contributed by atoms with Crippen molar-refractivity contribution in [3.05, 3.63) is 0 Å². The molecule has 0 aromatic carbocycles. The van der Waals surface area contributed by atoms with Gasteiger partial charge in [-0.25, -0.2) is 0 Å². The second-order valence-corrected chi connectivity index (χ2v) is 3.30. The number of hydrogen-bond acceptors (Lipinski definition) is 6. The highest BCUT2D eigenvalue weighted by Crippen LogP contribution is 2.37. The summed E-state index contributed by atoms with van der Waals surface area (Å²) < 4.78 is 4.92. The van der Waals surface area contributed by atoms with Crippen molar-refractivity contribution in [2.75, 3.05) is 13.2 Å². The van der Waals surface area contributed by atoms with Crippen molar-refractivity contribution in [2.24, 2.45) is 0 Å². The summed E-state index contributed by atoms with van der Waals surface area (Å²) in [5, 5.41) is 45.8. The number of aliphatic hydroxyl groups excluding tert-OH is 3. The van der Waals surface area contributed by atoms with Gasteiger partial charge < -0.3 is 30.3 Å². The van der Waals surface area contributed by atoms with Gasteiger partial charge in [0, 0.05) is 0 Å². The fraction of sp³-hybridized carbons (Fsp3) is 1.00. The van der Waals surface area contributed by atoms with Crippen LogP contribution in [0.15, 0.2) is 0 Å². The average Bonchev–Trinajstić information content (AvgIpc) is 2.27. The maximum atomic E-state index is 9.40. The first kappa shape index (κ1) is 10.8. The van der Waals surface area contributed by atoms with E-state index in [1.807, 2.05) is 0 Å². The van der Waals surface area contributed by atoms with Crippen LogP contribution in [0.1, 0.15) is 6.92 Å². The van der Waals surface area contributed by atoms with Gasteiger partial charge in [0.05, 0.1) is 19.3 Å². The lowest BCUT2D eigenvalue weighted by Gasteiger charge is -2.34. The first-order valence-corrected chi connectivity index (χ1v) is 3.93. The van der Waals surface area contributed by atoms with Gasteiger partial charge in [0.15, 0.2) is 5.60 Å². The topological polar surface area (TPSA) is 110 Å². The normalized spacial score (nSPS) is 36.5. The molecule has 0 amide bonds. The zero-order chi connectivity index (χ0) is 10.3. The molecule has 0 bridgehead atoms. The van der Waals surface area contributed by atoms with Crippen LogP contribution in [0.3, 0.4) is 0 Å². The minimum Gasteiger partial charge on any atom is -0.393 e. The molecule has 78 valence electrons. The minimum absolute atomic E-state index is 0.780. The van der Waals surface area contributed by atoms with Gasteiger partial charge in [0.2, 0.25) is 5.79 Å². The summed E-state index contributed by atoms with van der Waals surface area (Å²) >= 11 is 0. The zero-order valence-corrected chi connectivity index (χ0v) is 7.21. The molecule has 1 rings (SSSR count). The van der Waals surface area contributed by atoms with Crippen molar-refractivity contribution >= 4 is 0 Å².